The van der Waals surface area contributed by atoms with E-state index in [0.29, 0.717) is 21.5 Å². The Kier molecular flexibility index (Phi) is 4.42. The molecule has 0 radical (unpaired) electrons. The Balaban J connectivity index is 1.79. The van der Waals surface area contributed by atoms with Gasteiger partial charge in [-0.25, -0.2) is 0 Å². The van der Waals surface area contributed by atoms with Crippen LogP contribution in [0.5, 0.6) is 0 Å². The molecule has 0 unspecified atom stereocenters. The molecule has 3 nitrogen and oxygen atoms in total. The number of rotatable bonds is 3. The van der Waals surface area contributed by atoms with E-state index in [1.807, 2.05) is 31.2 Å². The molecule has 0 aliphatic carbocycles. The molecular formula is C18H13Cl2NO2. The molecule has 1 N–H and O–H groups in total. The molecule has 0 bridgehead atoms. The van der Waals surface area contributed by atoms with Crippen molar-refractivity contribution in [1.29, 1.82) is 0 Å². The molecule has 0 atom stereocenters. The zero-order chi connectivity index (χ0) is 16.4. The lowest BCUT2D eigenvalue weighted by Gasteiger charge is -2.03. The van der Waals surface area contributed by atoms with Gasteiger partial charge in [0.1, 0.15) is 5.76 Å². The van der Waals surface area contributed by atoms with E-state index in [1.54, 1.807) is 30.3 Å². The van der Waals surface area contributed by atoms with Crippen LogP contribution in [-0.4, -0.2) is 5.91 Å². The first kappa shape index (κ1) is 15.7. The van der Waals surface area contributed by atoms with Crippen molar-refractivity contribution in [2.75, 3.05) is 5.32 Å². The van der Waals surface area contributed by atoms with Crippen LogP contribution in [0, 0.1) is 6.92 Å². The zero-order valence-corrected chi connectivity index (χ0v) is 13.8. The maximum absolute atomic E-state index is 12.2. The molecule has 5 heteroatoms. The van der Waals surface area contributed by atoms with Crippen molar-refractivity contribution in [2.24, 2.45) is 0 Å². The SMILES string of the molecule is Cc1ccc(NC(=O)c2ccc(-c3ccc(Cl)c(Cl)c3)o2)cc1. The fourth-order valence-electron chi connectivity index (χ4n) is 2.09. The number of benzene rings is 2. The van der Waals surface area contributed by atoms with Crippen LogP contribution < -0.4 is 5.32 Å². The van der Waals surface area contributed by atoms with E-state index in [0.717, 1.165) is 11.1 Å². The number of carbonyl (C=O) groups excluding carboxylic acids is 1. The maximum atomic E-state index is 12.2. The minimum atomic E-state index is -0.305. The summed E-state index contributed by atoms with van der Waals surface area (Å²) in [6.45, 7) is 1.99. The largest absolute Gasteiger partial charge is 0.451 e. The third kappa shape index (κ3) is 3.58. The van der Waals surface area contributed by atoms with E-state index in [1.165, 1.54) is 0 Å². The van der Waals surface area contributed by atoms with E-state index in [4.69, 9.17) is 27.6 Å². The van der Waals surface area contributed by atoms with Crippen LogP contribution >= 0.6 is 23.2 Å². The summed E-state index contributed by atoms with van der Waals surface area (Å²) in [7, 11) is 0. The van der Waals surface area contributed by atoms with E-state index >= 15 is 0 Å². The molecule has 1 amide bonds. The number of hydrogen-bond donors (Lipinski definition) is 1. The van der Waals surface area contributed by atoms with Gasteiger partial charge in [-0.05, 0) is 49.4 Å². The van der Waals surface area contributed by atoms with Crippen molar-refractivity contribution in [3.8, 4) is 11.3 Å². The number of amides is 1. The van der Waals surface area contributed by atoms with Gasteiger partial charge < -0.3 is 9.73 Å². The van der Waals surface area contributed by atoms with Crippen molar-refractivity contribution in [2.45, 2.75) is 6.92 Å². The summed E-state index contributed by atoms with van der Waals surface area (Å²) >= 11 is 11.9. The van der Waals surface area contributed by atoms with Crippen LogP contribution in [0.25, 0.3) is 11.3 Å². The summed E-state index contributed by atoms with van der Waals surface area (Å²) in [5.74, 6) is 0.476. The summed E-state index contributed by atoms with van der Waals surface area (Å²) in [6, 6.07) is 16.1. The molecule has 0 spiro atoms. The predicted molar refractivity (Wildman–Crippen MR) is 93.3 cm³/mol. The number of hydrogen-bond acceptors (Lipinski definition) is 2. The van der Waals surface area contributed by atoms with Gasteiger partial charge in [0.25, 0.3) is 5.91 Å². The van der Waals surface area contributed by atoms with Crippen LogP contribution in [0.4, 0.5) is 5.69 Å². The second-order valence-corrected chi connectivity index (χ2v) is 5.93. The highest BCUT2D eigenvalue weighted by atomic mass is 35.5. The molecule has 0 aliphatic heterocycles. The first-order valence-electron chi connectivity index (χ1n) is 6.96. The highest BCUT2D eigenvalue weighted by Crippen LogP contribution is 2.29. The first-order chi connectivity index (χ1) is 11.0. The van der Waals surface area contributed by atoms with Gasteiger partial charge in [0.05, 0.1) is 10.0 Å². The van der Waals surface area contributed by atoms with E-state index in [-0.39, 0.29) is 11.7 Å². The number of nitrogens with one attached hydrogen (secondary N) is 1. The Morgan fingerprint density at radius 1 is 0.957 bits per heavy atom. The Hall–Kier alpha value is -2.23. The summed E-state index contributed by atoms with van der Waals surface area (Å²) < 4.78 is 5.61. The quantitative estimate of drug-likeness (QED) is 0.650. The Morgan fingerprint density at radius 3 is 2.39 bits per heavy atom. The number of halogens is 2. The molecule has 23 heavy (non-hydrogen) atoms. The lowest BCUT2D eigenvalue weighted by molar-refractivity contribution is 0.0997. The summed E-state index contributed by atoms with van der Waals surface area (Å²) in [4.78, 5) is 12.2. The number of anilines is 1. The number of carbonyl (C=O) groups is 1. The summed E-state index contributed by atoms with van der Waals surface area (Å²) in [5.41, 5.74) is 2.60. The van der Waals surface area contributed by atoms with Crippen molar-refractivity contribution < 1.29 is 9.21 Å². The molecule has 3 aromatic rings. The second-order valence-electron chi connectivity index (χ2n) is 5.11. The van der Waals surface area contributed by atoms with Crippen molar-refractivity contribution in [3.63, 3.8) is 0 Å². The summed E-state index contributed by atoms with van der Waals surface area (Å²) in [5, 5.41) is 3.70. The van der Waals surface area contributed by atoms with Crippen LogP contribution in [0.15, 0.2) is 59.0 Å². The van der Waals surface area contributed by atoms with Crippen LogP contribution in [0.3, 0.4) is 0 Å². The normalized spacial score (nSPS) is 10.6. The maximum Gasteiger partial charge on any atom is 0.291 e. The summed E-state index contributed by atoms with van der Waals surface area (Å²) in [6.07, 6.45) is 0. The molecule has 0 saturated carbocycles. The van der Waals surface area contributed by atoms with Gasteiger partial charge in [-0.3, -0.25) is 4.79 Å². The van der Waals surface area contributed by atoms with Crippen LogP contribution in [0.2, 0.25) is 10.0 Å². The van der Waals surface area contributed by atoms with E-state index < -0.39 is 0 Å². The van der Waals surface area contributed by atoms with Gasteiger partial charge in [-0.2, -0.15) is 0 Å². The average Bonchev–Trinajstić information content (AvgIpc) is 3.02. The van der Waals surface area contributed by atoms with E-state index in [2.05, 4.69) is 5.32 Å². The van der Waals surface area contributed by atoms with Gasteiger partial charge in [0, 0.05) is 11.3 Å². The monoisotopic (exact) mass is 345 g/mol. The van der Waals surface area contributed by atoms with Gasteiger partial charge in [-0.15, -0.1) is 0 Å². The molecule has 3 rings (SSSR count). The standard InChI is InChI=1S/C18H13Cl2NO2/c1-11-2-5-13(6-3-11)21-18(22)17-9-8-16(23-17)12-4-7-14(19)15(20)10-12/h2-10H,1H3,(H,21,22). The smallest absolute Gasteiger partial charge is 0.291 e. The molecule has 1 heterocycles. The third-order valence-electron chi connectivity index (χ3n) is 3.34. The fourth-order valence-corrected chi connectivity index (χ4v) is 2.39. The average molecular weight is 346 g/mol. The zero-order valence-electron chi connectivity index (χ0n) is 12.3. The lowest BCUT2D eigenvalue weighted by Crippen LogP contribution is -2.10. The molecule has 1 aromatic heterocycles. The fraction of sp³-hybridized carbons (Fsp3) is 0.0556. The van der Waals surface area contributed by atoms with Gasteiger partial charge in [0.15, 0.2) is 5.76 Å². The lowest BCUT2D eigenvalue weighted by atomic mass is 10.2. The molecule has 0 fully saturated rings. The Morgan fingerprint density at radius 2 is 1.70 bits per heavy atom. The third-order valence-corrected chi connectivity index (χ3v) is 4.08. The highest BCUT2D eigenvalue weighted by molar-refractivity contribution is 6.42. The van der Waals surface area contributed by atoms with E-state index in [9.17, 15) is 4.79 Å². The van der Waals surface area contributed by atoms with Crippen LogP contribution in [0.1, 0.15) is 16.1 Å². The molecule has 0 aliphatic rings. The van der Waals surface area contributed by atoms with Crippen molar-refractivity contribution >= 4 is 34.8 Å². The van der Waals surface area contributed by atoms with Crippen molar-refractivity contribution in [3.05, 3.63) is 76.0 Å². The number of furan rings is 1. The van der Waals surface area contributed by atoms with Gasteiger partial charge in [0.2, 0.25) is 0 Å². The predicted octanol–water partition coefficient (Wildman–Crippen LogP) is 5.81. The molecular weight excluding hydrogens is 333 g/mol. The minimum Gasteiger partial charge on any atom is -0.451 e. The molecule has 2 aromatic carbocycles. The number of aryl methyl sites for hydroxylation is 1. The van der Waals surface area contributed by atoms with Gasteiger partial charge >= 0.3 is 0 Å². The van der Waals surface area contributed by atoms with Crippen LogP contribution in [-0.2, 0) is 0 Å². The molecule has 116 valence electrons. The van der Waals surface area contributed by atoms with Crippen molar-refractivity contribution in [1.82, 2.24) is 0 Å². The van der Waals surface area contributed by atoms with Gasteiger partial charge in [-0.1, -0.05) is 40.9 Å². The minimum absolute atomic E-state index is 0.228. The Bertz CT molecular complexity index is 854. The molecule has 0 saturated heterocycles. The highest BCUT2D eigenvalue weighted by Gasteiger charge is 2.13. The topological polar surface area (TPSA) is 42.2 Å². The second kappa shape index (κ2) is 6.49. The first-order valence-corrected chi connectivity index (χ1v) is 7.72. The Labute approximate surface area is 143 Å².